The number of sulfonamides is 1. The highest BCUT2D eigenvalue weighted by Gasteiger charge is 2.16. The molecule has 1 amide bonds. The van der Waals surface area contributed by atoms with Crippen molar-refractivity contribution in [2.45, 2.75) is 11.4 Å². The maximum atomic E-state index is 12.3. The fraction of sp³-hybridized carbons (Fsp3) is 0.188. The second-order valence-electron chi connectivity index (χ2n) is 4.85. The number of carbonyl (C=O) groups excluding carboxylic acids is 1. The lowest BCUT2D eigenvalue weighted by Gasteiger charge is -2.16. The average molecular weight is 348 g/mol. The van der Waals surface area contributed by atoms with Gasteiger partial charge in [0, 0.05) is 19.2 Å². The van der Waals surface area contributed by atoms with Gasteiger partial charge >= 0.3 is 0 Å². The molecular weight excluding hydrogens is 332 g/mol. The maximum Gasteiger partial charge on any atom is 0.253 e. The lowest BCUT2D eigenvalue weighted by molar-refractivity contribution is 0.0785. The van der Waals surface area contributed by atoms with Gasteiger partial charge in [0.25, 0.3) is 5.91 Å². The summed E-state index contributed by atoms with van der Waals surface area (Å²) in [6.45, 7) is 0.429. The third-order valence-electron chi connectivity index (χ3n) is 3.12. The van der Waals surface area contributed by atoms with Gasteiger partial charge in [0.1, 0.15) is 0 Å². The first-order valence-corrected chi connectivity index (χ1v) is 9.16. The van der Waals surface area contributed by atoms with Crippen LogP contribution < -0.4 is 4.72 Å². The maximum absolute atomic E-state index is 12.3. The zero-order valence-electron chi connectivity index (χ0n) is 12.5. The van der Waals surface area contributed by atoms with Crippen LogP contribution >= 0.6 is 11.3 Å². The van der Waals surface area contributed by atoms with E-state index in [0.29, 0.717) is 12.1 Å². The Morgan fingerprint density at radius 3 is 2.57 bits per heavy atom. The molecule has 0 saturated carbocycles. The number of nitrogens with one attached hydrogen (secondary N) is 1. The molecule has 0 atom stereocenters. The van der Waals surface area contributed by atoms with E-state index in [1.165, 1.54) is 24.3 Å². The highest BCUT2D eigenvalue weighted by molar-refractivity contribution is 7.89. The molecule has 0 spiro atoms. The van der Waals surface area contributed by atoms with Crippen molar-refractivity contribution in [3.63, 3.8) is 0 Å². The Balaban J connectivity index is 2.10. The van der Waals surface area contributed by atoms with E-state index in [0.717, 1.165) is 5.56 Å². The van der Waals surface area contributed by atoms with E-state index in [1.807, 2.05) is 16.8 Å². The molecule has 2 aromatic rings. The fourth-order valence-electron chi connectivity index (χ4n) is 1.95. The Morgan fingerprint density at radius 1 is 1.30 bits per heavy atom. The number of terminal acetylenes is 1. The molecule has 0 aliphatic carbocycles. The van der Waals surface area contributed by atoms with Crippen molar-refractivity contribution in [2.75, 3.05) is 13.6 Å². The molecule has 0 aliphatic rings. The van der Waals surface area contributed by atoms with Gasteiger partial charge in [0.15, 0.2) is 0 Å². The zero-order chi connectivity index (χ0) is 16.9. The first-order chi connectivity index (χ1) is 10.9. The number of hydrogen-bond acceptors (Lipinski definition) is 4. The third kappa shape index (κ3) is 4.42. The fourth-order valence-corrected chi connectivity index (χ4v) is 3.54. The number of benzene rings is 1. The quantitative estimate of drug-likeness (QED) is 0.811. The summed E-state index contributed by atoms with van der Waals surface area (Å²) in [5.74, 6) is 2.04. The van der Waals surface area contributed by atoms with E-state index >= 15 is 0 Å². The van der Waals surface area contributed by atoms with Crippen LogP contribution in [0.4, 0.5) is 0 Å². The molecule has 0 fully saturated rings. The molecule has 0 radical (unpaired) electrons. The molecule has 0 aliphatic heterocycles. The van der Waals surface area contributed by atoms with Gasteiger partial charge in [-0.25, -0.2) is 8.42 Å². The molecular formula is C16H16N2O3S2. The molecule has 1 heterocycles. The third-order valence-corrected chi connectivity index (χ3v) is 5.27. The molecule has 7 heteroatoms. The number of rotatable bonds is 6. The minimum atomic E-state index is -3.64. The van der Waals surface area contributed by atoms with Crippen LogP contribution in [0.15, 0.2) is 46.0 Å². The molecule has 1 aromatic heterocycles. The van der Waals surface area contributed by atoms with Crippen molar-refractivity contribution in [1.29, 1.82) is 0 Å². The first-order valence-electron chi connectivity index (χ1n) is 6.74. The predicted molar refractivity (Wildman–Crippen MR) is 90.6 cm³/mol. The van der Waals surface area contributed by atoms with Crippen molar-refractivity contribution in [3.8, 4) is 12.3 Å². The van der Waals surface area contributed by atoms with Gasteiger partial charge in [-0.2, -0.15) is 16.1 Å². The number of amides is 1. The molecule has 1 aromatic carbocycles. The highest BCUT2D eigenvalue weighted by atomic mass is 32.2. The van der Waals surface area contributed by atoms with Crippen molar-refractivity contribution in [1.82, 2.24) is 9.62 Å². The minimum absolute atomic E-state index is 0.0739. The van der Waals surface area contributed by atoms with Crippen LogP contribution in [0.25, 0.3) is 0 Å². The molecule has 0 bridgehead atoms. The van der Waals surface area contributed by atoms with Gasteiger partial charge in [-0.05, 0) is 46.7 Å². The summed E-state index contributed by atoms with van der Waals surface area (Å²) in [6, 6.07) is 7.74. The van der Waals surface area contributed by atoms with Crippen molar-refractivity contribution >= 4 is 27.3 Å². The zero-order valence-corrected chi connectivity index (χ0v) is 14.2. The molecule has 5 nitrogen and oxygen atoms in total. The summed E-state index contributed by atoms with van der Waals surface area (Å²) < 4.78 is 26.1. The Bertz CT molecular complexity index is 804. The Hall–Kier alpha value is -2.14. The van der Waals surface area contributed by atoms with Gasteiger partial charge in [-0.1, -0.05) is 5.92 Å². The van der Waals surface area contributed by atoms with E-state index < -0.39 is 10.0 Å². The predicted octanol–water partition coefficient (Wildman–Crippen LogP) is 1.93. The monoisotopic (exact) mass is 348 g/mol. The van der Waals surface area contributed by atoms with Gasteiger partial charge < -0.3 is 4.90 Å². The number of nitrogens with zero attached hydrogens (tertiary/aromatic N) is 1. The number of hydrogen-bond donors (Lipinski definition) is 1. The molecule has 23 heavy (non-hydrogen) atoms. The molecule has 1 N–H and O–H groups in total. The summed E-state index contributed by atoms with van der Waals surface area (Å²) in [6.07, 6.45) is 5.04. The summed E-state index contributed by atoms with van der Waals surface area (Å²) in [7, 11) is -1.93. The molecule has 2 rings (SSSR count). The molecule has 120 valence electrons. The lowest BCUT2D eigenvalue weighted by Crippen LogP contribution is -2.26. The van der Waals surface area contributed by atoms with Crippen LogP contribution in [0.1, 0.15) is 15.9 Å². The van der Waals surface area contributed by atoms with Crippen LogP contribution in [-0.4, -0.2) is 32.8 Å². The average Bonchev–Trinajstić information content (AvgIpc) is 3.05. The van der Waals surface area contributed by atoms with Crippen LogP contribution in [0.3, 0.4) is 0 Å². The van der Waals surface area contributed by atoms with Crippen LogP contribution in [0.5, 0.6) is 0 Å². The summed E-state index contributed by atoms with van der Waals surface area (Å²) in [5, 5.41) is 3.94. The van der Waals surface area contributed by atoms with Crippen LogP contribution in [-0.2, 0) is 16.6 Å². The first kappa shape index (κ1) is 17.2. The van der Waals surface area contributed by atoms with Gasteiger partial charge in [0.2, 0.25) is 10.0 Å². The van der Waals surface area contributed by atoms with Gasteiger partial charge in [0.05, 0.1) is 11.4 Å². The van der Waals surface area contributed by atoms with Crippen LogP contribution in [0, 0.1) is 12.3 Å². The summed E-state index contributed by atoms with van der Waals surface area (Å²) >= 11 is 1.57. The van der Waals surface area contributed by atoms with Crippen LogP contribution in [0.2, 0.25) is 0 Å². The lowest BCUT2D eigenvalue weighted by atomic mass is 10.2. The smallest absolute Gasteiger partial charge is 0.253 e. The van der Waals surface area contributed by atoms with E-state index in [9.17, 15) is 13.2 Å². The Kier molecular flexibility index (Phi) is 5.55. The summed E-state index contributed by atoms with van der Waals surface area (Å²) in [4.78, 5) is 14.0. The Morgan fingerprint density at radius 2 is 2.00 bits per heavy atom. The van der Waals surface area contributed by atoms with E-state index in [-0.39, 0.29) is 17.3 Å². The molecule has 0 unspecified atom stereocenters. The minimum Gasteiger partial charge on any atom is -0.337 e. The van der Waals surface area contributed by atoms with E-state index in [4.69, 9.17) is 6.42 Å². The van der Waals surface area contributed by atoms with Crippen molar-refractivity contribution in [2.24, 2.45) is 0 Å². The van der Waals surface area contributed by atoms with E-state index in [2.05, 4.69) is 10.6 Å². The van der Waals surface area contributed by atoms with Gasteiger partial charge in [-0.3, -0.25) is 4.79 Å². The second-order valence-corrected chi connectivity index (χ2v) is 7.39. The topological polar surface area (TPSA) is 66.5 Å². The Labute approximate surface area is 140 Å². The number of thiophene rings is 1. The molecule has 0 saturated heterocycles. The number of carbonyl (C=O) groups is 1. The van der Waals surface area contributed by atoms with Crippen molar-refractivity contribution in [3.05, 3.63) is 52.2 Å². The SMILES string of the molecule is C#CCNS(=O)(=O)c1ccc(C(=O)N(C)Cc2ccsc2)cc1. The largest absolute Gasteiger partial charge is 0.337 e. The van der Waals surface area contributed by atoms with Crippen molar-refractivity contribution < 1.29 is 13.2 Å². The normalized spacial score (nSPS) is 11.0. The standard InChI is InChI=1S/C16H16N2O3S2/c1-3-9-17-23(20,21)15-6-4-14(5-7-15)16(19)18(2)11-13-8-10-22-12-13/h1,4-8,10,12,17H,9,11H2,2H3. The summed E-state index contributed by atoms with van der Waals surface area (Å²) in [5.41, 5.74) is 1.49. The van der Waals surface area contributed by atoms with E-state index in [1.54, 1.807) is 23.3 Å². The highest BCUT2D eigenvalue weighted by Crippen LogP contribution is 2.14. The second kappa shape index (κ2) is 7.42. The van der Waals surface area contributed by atoms with Gasteiger partial charge in [-0.15, -0.1) is 6.42 Å².